The highest BCUT2D eigenvalue weighted by atomic mass is 31.2. The zero-order valence-corrected chi connectivity index (χ0v) is 21.6. The van der Waals surface area contributed by atoms with Gasteiger partial charge in [-0.15, -0.1) is 0 Å². The second kappa shape index (κ2) is 17.0. The summed E-state index contributed by atoms with van der Waals surface area (Å²) < 4.78 is 31.5. The predicted octanol–water partition coefficient (Wildman–Crippen LogP) is 4.18. The van der Waals surface area contributed by atoms with Crippen LogP contribution in [0.3, 0.4) is 0 Å². The van der Waals surface area contributed by atoms with Crippen LogP contribution in [0.25, 0.3) is 0 Å². The van der Waals surface area contributed by atoms with Gasteiger partial charge >= 0.3 is 7.60 Å². The Morgan fingerprint density at radius 2 is 0.793 bits per heavy atom. The third kappa shape index (κ3) is 27.3. The first-order valence-electron chi connectivity index (χ1n) is 8.97. The second-order valence-electron chi connectivity index (χ2n) is 6.54. The summed E-state index contributed by atoms with van der Waals surface area (Å²) in [5.41, 5.74) is -1.23. The highest BCUT2D eigenvalue weighted by Gasteiger charge is 2.22. The van der Waals surface area contributed by atoms with E-state index < -0.39 is 27.4 Å². The Labute approximate surface area is 174 Å². The smallest absolute Gasteiger partial charge is 0.319 e. The Kier molecular flexibility index (Phi) is 21.0. The van der Waals surface area contributed by atoms with E-state index in [1.807, 2.05) is 6.92 Å². The van der Waals surface area contributed by atoms with Crippen molar-refractivity contribution in [3.63, 3.8) is 0 Å². The molecule has 174 valence electrons. The van der Waals surface area contributed by atoms with Crippen molar-refractivity contribution in [1.29, 1.82) is 0 Å². The van der Waals surface area contributed by atoms with Gasteiger partial charge in [-0.25, -0.2) is 0 Å². The Morgan fingerprint density at radius 1 is 0.586 bits per heavy atom. The summed E-state index contributed by atoms with van der Waals surface area (Å²) in [5.74, 6) is 0.255. The van der Waals surface area contributed by atoms with E-state index in [0.29, 0.717) is 19.3 Å². The summed E-state index contributed by atoms with van der Waals surface area (Å²) in [7, 11) is -9.19. The van der Waals surface area contributed by atoms with Gasteiger partial charge in [0.1, 0.15) is 20.1 Å². The molecule has 0 heterocycles. The zero-order chi connectivity index (χ0) is 24.6. The van der Waals surface area contributed by atoms with E-state index in [1.165, 1.54) is 33.6 Å². The van der Waals surface area contributed by atoms with Gasteiger partial charge in [-0.05, 0) is 33.6 Å². The molecule has 0 spiro atoms. The number of hydrogen-bond acceptors (Lipinski definition) is 7. The molecule has 29 heavy (non-hydrogen) atoms. The normalized spacial score (nSPS) is 10.7. The summed E-state index contributed by atoms with van der Waals surface area (Å²) in [6.07, 6.45) is 1.35. The Balaban J connectivity index is -0.000000146. The molecule has 0 bridgehead atoms. The van der Waals surface area contributed by atoms with Crippen molar-refractivity contribution in [3.05, 3.63) is 0 Å². The van der Waals surface area contributed by atoms with Gasteiger partial charge in [0.2, 0.25) is 5.52 Å². The summed E-state index contributed by atoms with van der Waals surface area (Å²) >= 11 is 0. The van der Waals surface area contributed by atoms with Gasteiger partial charge in [-0.3, -0.25) is 18.9 Å². The Bertz CT molecular complexity index is 585. The van der Waals surface area contributed by atoms with Crippen LogP contribution in [0.15, 0.2) is 0 Å². The molecule has 0 aromatic carbocycles. The lowest BCUT2D eigenvalue weighted by Gasteiger charge is -1.99. The molecule has 0 aliphatic carbocycles. The fourth-order valence-electron chi connectivity index (χ4n) is 0.968. The summed E-state index contributed by atoms with van der Waals surface area (Å²) in [4.78, 5) is 57.1. The van der Waals surface area contributed by atoms with Crippen LogP contribution in [0.5, 0.6) is 0 Å². The number of Topliss-reactive ketones (excluding diaryl/α,β-unsaturated/α-hetero) is 1. The van der Waals surface area contributed by atoms with Crippen LogP contribution in [0.1, 0.15) is 60.3 Å². The molecule has 2 N–H and O–H groups in total. The van der Waals surface area contributed by atoms with Crippen molar-refractivity contribution in [1.82, 2.24) is 0 Å². The Morgan fingerprint density at radius 3 is 0.793 bits per heavy atom. The summed E-state index contributed by atoms with van der Waals surface area (Å²) in [5, 5.41) is 0. The lowest BCUT2D eigenvalue weighted by molar-refractivity contribution is -0.116. The molecule has 0 aliphatic rings. The zero-order valence-electron chi connectivity index (χ0n) is 18.9. The lowest BCUT2D eigenvalue weighted by Crippen LogP contribution is -1.94. The molecule has 0 atom stereocenters. The molecule has 0 aromatic rings. The topological polar surface area (TPSA) is 160 Å². The molecule has 0 radical (unpaired) electrons. The van der Waals surface area contributed by atoms with Crippen molar-refractivity contribution in [3.8, 4) is 0 Å². The Hall–Kier alpha value is -0.710. The van der Waals surface area contributed by atoms with Gasteiger partial charge in [0, 0.05) is 25.7 Å². The maximum Gasteiger partial charge on any atom is 0.391 e. The molecule has 0 rings (SSSR count). The highest BCUT2D eigenvalue weighted by molar-refractivity contribution is 7.79. The molecule has 12 heteroatoms. The molecule has 0 aromatic heterocycles. The molecular formula is C17H37O9P3. The van der Waals surface area contributed by atoms with Crippen LogP contribution in [-0.4, -0.2) is 58.8 Å². The van der Waals surface area contributed by atoms with E-state index in [4.69, 9.17) is 9.79 Å². The fraction of sp³-hybridized carbons (Fsp3) is 0.765. The fourth-order valence-corrected chi connectivity index (χ4v) is 2.90. The minimum absolute atomic E-state index is 0.107. The average molecular weight is 478 g/mol. The van der Waals surface area contributed by atoms with Crippen molar-refractivity contribution in [2.24, 2.45) is 0 Å². The number of ketones is 1. The monoisotopic (exact) mass is 478 g/mol. The van der Waals surface area contributed by atoms with E-state index >= 15 is 0 Å². The van der Waals surface area contributed by atoms with Crippen molar-refractivity contribution < 1.29 is 42.7 Å². The molecule has 0 amide bonds. The molecule has 0 saturated carbocycles. The first-order valence-corrected chi connectivity index (χ1v) is 15.8. The van der Waals surface area contributed by atoms with Gasteiger partial charge < -0.3 is 23.7 Å². The number of hydrogen-bond donors (Lipinski definition) is 2. The van der Waals surface area contributed by atoms with Gasteiger partial charge in [0.05, 0.1) is 0 Å². The molecule has 0 aliphatic heterocycles. The SMILES string of the molecule is CCC(=O)P(=O)(O)O.CCC(=O)P(C)(C)=O.CCC(=O)P(C)(C)=O.CCC(C)=O. The lowest BCUT2D eigenvalue weighted by atomic mass is 10.4. The van der Waals surface area contributed by atoms with E-state index in [-0.39, 0.29) is 23.3 Å². The van der Waals surface area contributed by atoms with E-state index in [1.54, 1.807) is 20.8 Å². The molecular weight excluding hydrogens is 441 g/mol. The standard InChI is InChI=1S/2C5H11O2P.C4H8O.C3H7O4P/c2*1-4-5(6)8(2,3)7;1-3-4(2)5;1-2-3(4)8(5,6)7/h2*4H2,1-3H3;3H2,1-2H3;2H2,1H3,(H2,5,6,7). The highest BCUT2D eigenvalue weighted by Crippen LogP contribution is 2.38. The van der Waals surface area contributed by atoms with Crippen LogP contribution >= 0.6 is 21.9 Å². The van der Waals surface area contributed by atoms with E-state index in [2.05, 4.69) is 0 Å². The maximum absolute atomic E-state index is 10.8. The second-order valence-corrected chi connectivity index (χ2v) is 14.5. The number of carbonyl (C=O) groups is 4. The maximum atomic E-state index is 10.8. The van der Waals surface area contributed by atoms with Crippen molar-refractivity contribution in [2.75, 3.05) is 26.7 Å². The molecule has 0 fully saturated rings. The average Bonchev–Trinajstić information content (AvgIpc) is 2.58. The van der Waals surface area contributed by atoms with Crippen LogP contribution in [0.2, 0.25) is 0 Å². The minimum atomic E-state index is -4.40. The van der Waals surface area contributed by atoms with Gasteiger partial charge in [0.15, 0.2) is 11.0 Å². The van der Waals surface area contributed by atoms with E-state index in [9.17, 15) is 32.9 Å². The van der Waals surface area contributed by atoms with Crippen LogP contribution in [0, 0.1) is 0 Å². The molecule has 9 nitrogen and oxygen atoms in total. The largest absolute Gasteiger partial charge is 0.391 e. The van der Waals surface area contributed by atoms with Crippen LogP contribution in [0.4, 0.5) is 0 Å². The third-order valence-corrected chi connectivity index (χ3v) is 6.93. The first kappa shape index (κ1) is 35.7. The summed E-state index contributed by atoms with van der Waals surface area (Å²) in [6, 6.07) is 0. The van der Waals surface area contributed by atoms with Gasteiger partial charge in [-0.2, -0.15) is 0 Å². The predicted molar refractivity (Wildman–Crippen MR) is 118 cm³/mol. The molecule has 0 saturated heterocycles. The van der Waals surface area contributed by atoms with E-state index in [0.717, 1.165) is 0 Å². The number of carbonyl (C=O) groups excluding carboxylic acids is 4. The summed E-state index contributed by atoms with van der Waals surface area (Å²) in [6.45, 7) is 14.3. The van der Waals surface area contributed by atoms with Crippen LogP contribution in [-0.2, 0) is 32.9 Å². The molecule has 0 unspecified atom stereocenters. The first-order chi connectivity index (χ1) is 12.7. The van der Waals surface area contributed by atoms with Crippen molar-refractivity contribution >= 4 is 44.2 Å². The van der Waals surface area contributed by atoms with Crippen LogP contribution < -0.4 is 0 Å². The van der Waals surface area contributed by atoms with Gasteiger partial charge in [0.25, 0.3) is 0 Å². The van der Waals surface area contributed by atoms with Gasteiger partial charge in [-0.1, -0.05) is 27.7 Å². The van der Waals surface area contributed by atoms with Crippen molar-refractivity contribution in [2.45, 2.75) is 60.3 Å². The third-order valence-electron chi connectivity index (χ3n) is 2.93. The number of rotatable bonds is 7. The quantitative estimate of drug-likeness (QED) is 0.512. The minimum Gasteiger partial charge on any atom is -0.319 e.